The van der Waals surface area contributed by atoms with Crippen LogP contribution in [-0.4, -0.2) is 20.7 Å². The molecule has 3 aromatic heterocycles. The van der Waals surface area contributed by atoms with Crippen LogP contribution in [0.2, 0.25) is 0 Å². The Morgan fingerprint density at radius 2 is 2.13 bits per heavy atom. The average molecular weight is 346 g/mol. The summed E-state index contributed by atoms with van der Waals surface area (Å²) in [6, 6.07) is 4.05. The molecule has 1 amide bonds. The Morgan fingerprint density at radius 1 is 1.35 bits per heavy atom. The highest BCUT2D eigenvalue weighted by atomic mass is 32.1. The largest absolute Gasteiger partial charge is 0.322 e. The Hall–Kier alpha value is -1.99. The summed E-state index contributed by atoms with van der Waals surface area (Å²) in [6.45, 7) is 5.66. The topological polar surface area (TPSA) is 59.8 Å². The van der Waals surface area contributed by atoms with Gasteiger partial charge in [-0.2, -0.15) is 5.10 Å². The van der Waals surface area contributed by atoms with E-state index in [2.05, 4.69) is 15.4 Å². The summed E-state index contributed by atoms with van der Waals surface area (Å²) >= 11 is 3.22. The number of rotatable bonds is 4. The number of carbonyl (C=O) groups excluding carboxylic acids is 1. The van der Waals surface area contributed by atoms with Gasteiger partial charge in [-0.1, -0.05) is 6.07 Å². The van der Waals surface area contributed by atoms with Gasteiger partial charge in [0.2, 0.25) is 5.91 Å². The van der Waals surface area contributed by atoms with Gasteiger partial charge in [0.1, 0.15) is 5.01 Å². The molecule has 0 atom stereocenters. The molecule has 3 rings (SSSR count). The first-order valence-corrected chi connectivity index (χ1v) is 8.95. The normalized spacial score (nSPS) is 11.7. The number of amides is 1. The van der Waals surface area contributed by atoms with Crippen molar-refractivity contribution in [1.29, 1.82) is 0 Å². The predicted octanol–water partition coefficient (Wildman–Crippen LogP) is 3.83. The van der Waals surface area contributed by atoms with E-state index in [1.165, 1.54) is 0 Å². The molecule has 3 aromatic rings. The van der Waals surface area contributed by atoms with Crippen LogP contribution < -0.4 is 5.32 Å². The standard InChI is InChI=1S/C16H18N4OS2/c1-10-11(8-20(4)19-10)17-15(21)16(2,3)13-9-23-14(18-13)12-6-5-7-22-12/h5-9H,1-4H3,(H,17,21). The molecule has 5 nitrogen and oxygen atoms in total. The second-order valence-corrected chi connectivity index (χ2v) is 7.70. The molecule has 0 unspecified atom stereocenters. The van der Waals surface area contributed by atoms with Crippen LogP contribution in [0.15, 0.2) is 29.1 Å². The van der Waals surface area contributed by atoms with Gasteiger partial charge < -0.3 is 5.32 Å². The van der Waals surface area contributed by atoms with Crippen LogP contribution in [0.1, 0.15) is 25.2 Å². The van der Waals surface area contributed by atoms with E-state index >= 15 is 0 Å². The summed E-state index contributed by atoms with van der Waals surface area (Å²) in [5.41, 5.74) is 1.60. The SMILES string of the molecule is Cc1nn(C)cc1NC(=O)C(C)(C)c1csc(-c2cccs2)n1. The zero-order chi connectivity index (χ0) is 16.6. The monoisotopic (exact) mass is 346 g/mol. The molecule has 0 bridgehead atoms. The third-order valence-electron chi connectivity index (χ3n) is 3.71. The zero-order valence-electron chi connectivity index (χ0n) is 13.5. The number of aryl methyl sites for hydroxylation is 2. The number of thiophene rings is 1. The predicted molar refractivity (Wildman–Crippen MR) is 95.0 cm³/mol. The number of thiazole rings is 1. The Kier molecular flexibility index (Phi) is 4.08. The minimum Gasteiger partial charge on any atom is -0.322 e. The van der Waals surface area contributed by atoms with Gasteiger partial charge in [0, 0.05) is 18.6 Å². The third kappa shape index (κ3) is 3.07. The highest BCUT2D eigenvalue weighted by Gasteiger charge is 2.33. The molecule has 120 valence electrons. The summed E-state index contributed by atoms with van der Waals surface area (Å²) in [7, 11) is 1.83. The Morgan fingerprint density at radius 3 is 2.74 bits per heavy atom. The average Bonchev–Trinajstić information content (AvgIpc) is 3.20. The molecule has 0 spiro atoms. The van der Waals surface area contributed by atoms with Crippen LogP contribution in [-0.2, 0) is 17.3 Å². The highest BCUT2D eigenvalue weighted by Crippen LogP contribution is 2.33. The fourth-order valence-corrected chi connectivity index (χ4v) is 3.99. The second-order valence-electron chi connectivity index (χ2n) is 5.90. The molecular weight excluding hydrogens is 328 g/mol. The van der Waals surface area contributed by atoms with Crippen LogP contribution in [0.25, 0.3) is 9.88 Å². The molecule has 7 heteroatoms. The fourth-order valence-electron chi connectivity index (χ4n) is 2.19. The van der Waals surface area contributed by atoms with Crippen LogP contribution in [0.5, 0.6) is 0 Å². The van der Waals surface area contributed by atoms with E-state index in [1.807, 2.05) is 50.7 Å². The van der Waals surface area contributed by atoms with Crippen molar-refractivity contribution >= 4 is 34.3 Å². The number of anilines is 1. The smallest absolute Gasteiger partial charge is 0.236 e. The lowest BCUT2D eigenvalue weighted by atomic mass is 9.89. The van der Waals surface area contributed by atoms with E-state index in [0.717, 1.165) is 27.0 Å². The number of hydrogen-bond donors (Lipinski definition) is 1. The maximum atomic E-state index is 12.7. The van der Waals surface area contributed by atoms with Gasteiger partial charge in [0.25, 0.3) is 0 Å². The molecule has 0 aliphatic rings. The fraction of sp³-hybridized carbons (Fsp3) is 0.312. The van der Waals surface area contributed by atoms with E-state index in [0.29, 0.717) is 0 Å². The van der Waals surface area contributed by atoms with Gasteiger partial charge in [-0.3, -0.25) is 9.48 Å². The lowest BCUT2D eigenvalue weighted by Crippen LogP contribution is -2.35. The minimum absolute atomic E-state index is 0.0865. The maximum Gasteiger partial charge on any atom is 0.236 e. The van der Waals surface area contributed by atoms with E-state index in [9.17, 15) is 4.79 Å². The van der Waals surface area contributed by atoms with Crippen LogP contribution in [0.4, 0.5) is 5.69 Å². The van der Waals surface area contributed by atoms with Crippen LogP contribution in [0.3, 0.4) is 0 Å². The van der Waals surface area contributed by atoms with Gasteiger partial charge in [0.05, 0.1) is 27.4 Å². The number of carbonyl (C=O) groups is 1. The first-order valence-electron chi connectivity index (χ1n) is 7.19. The number of nitrogens with one attached hydrogen (secondary N) is 1. The molecule has 0 radical (unpaired) electrons. The molecule has 23 heavy (non-hydrogen) atoms. The van der Waals surface area contributed by atoms with E-state index in [4.69, 9.17) is 0 Å². The van der Waals surface area contributed by atoms with E-state index in [-0.39, 0.29) is 5.91 Å². The Labute approximate surface area is 143 Å². The number of nitrogens with zero attached hydrogens (tertiary/aromatic N) is 3. The first-order chi connectivity index (χ1) is 10.9. The zero-order valence-corrected chi connectivity index (χ0v) is 15.1. The quantitative estimate of drug-likeness (QED) is 0.781. The van der Waals surface area contributed by atoms with E-state index < -0.39 is 5.41 Å². The Bertz CT molecular complexity index is 830. The summed E-state index contributed by atoms with van der Waals surface area (Å²) in [5, 5.41) is 12.1. The van der Waals surface area contributed by atoms with Gasteiger partial charge in [-0.05, 0) is 32.2 Å². The summed E-state index contributed by atoms with van der Waals surface area (Å²) in [5.74, 6) is -0.0865. The van der Waals surface area contributed by atoms with Crippen molar-refractivity contribution in [2.24, 2.45) is 7.05 Å². The maximum absolute atomic E-state index is 12.7. The molecule has 3 heterocycles. The number of hydrogen-bond acceptors (Lipinski definition) is 5. The lowest BCUT2D eigenvalue weighted by Gasteiger charge is -2.21. The van der Waals surface area contributed by atoms with Gasteiger partial charge in [-0.15, -0.1) is 22.7 Å². The third-order valence-corrected chi connectivity index (χ3v) is 5.59. The van der Waals surface area contributed by atoms with Crippen molar-refractivity contribution in [3.63, 3.8) is 0 Å². The van der Waals surface area contributed by atoms with Gasteiger partial charge in [-0.25, -0.2) is 4.98 Å². The molecule has 0 saturated carbocycles. The lowest BCUT2D eigenvalue weighted by molar-refractivity contribution is -0.120. The molecule has 1 N–H and O–H groups in total. The highest BCUT2D eigenvalue weighted by molar-refractivity contribution is 7.20. The summed E-state index contributed by atoms with van der Waals surface area (Å²) < 4.78 is 1.69. The molecule has 0 saturated heterocycles. The van der Waals surface area contributed by atoms with Crippen molar-refractivity contribution in [2.45, 2.75) is 26.2 Å². The van der Waals surface area contributed by atoms with Gasteiger partial charge >= 0.3 is 0 Å². The van der Waals surface area contributed by atoms with Gasteiger partial charge in [0.15, 0.2) is 0 Å². The van der Waals surface area contributed by atoms with Crippen LogP contribution in [0, 0.1) is 6.92 Å². The van der Waals surface area contributed by atoms with Crippen molar-refractivity contribution in [3.05, 3.63) is 40.5 Å². The summed E-state index contributed by atoms with van der Waals surface area (Å²) in [4.78, 5) is 18.5. The Balaban J connectivity index is 1.83. The molecule has 0 aliphatic heterocycles. The summed E-state index contributed by atoms with van der Waals surface area (Å²) in [6.07, 6.45) is 1.81. The van der Waals surface area contributed by atoms with Crippen molar-refractivity contribution < 1.29 is 4.79 Å². The van der Waals surface area contributed by atoms with Crippen molar-refractivity contribution in [3.8, 4) is 9.88 Å². The molecule has 0 aliphatic carbocycles. The van der Waals surface area contributed by atoms with Crippen LogP contribution >= 0.6 is 22.7 Å². The van der Waals surface area contributed by atoms with Crippen molar-refractivity contribution in [2.75, 3.05) is 5.32 Å². The molecular formula is C16H18N4OS2. The minimum atomic E-state index is -0.714. The first kappa shape index (κ1) is 15.9. The molecule has 0 aromatic carbocycles. The second kappa shape index (κ2) is 5.90. The number of aromatic nitrogens is 3. The molecule has 0 fully saturated rings. The van der Waals surface area contributed by atoms with E-state index in [1.54, 1.807) is 33.6 Å². The van der Waals surface area contributed by atoms with Crippen molar-refractivity contribution in [1.82, 2.24) is 14.8 Å².